The van der Waals surface area contributed by atoms with Gasteiger partial charge in [0.05, 0.1) is 28.2 Å². The summed E-state index contributed by atoms with van der Waals surface area (Å²) >= 11 is 0. The van der Waals surface area contributed by atoms with Crippen molar-refractivity contribution in [3.63, 3.8) is 0 Å². The Morgan fingerprint density at radius 1 is 0.889 bits per heavy atom. The van der Waals surface area contributed by atoms with Crippen LogP contribution in [-0.2, 0) is 6.42 Å². The van der Waals surface area contributed by atoms with E-state index in [2.05, 4.69) is 9.97 Å². The second kappa shape index (κ2) is 7.37. The number of hydrogen-bond donors (Lipinski definition) is 2. The molecule has 0 aliphatic rings. The number of aryl methyl sites for hydroxylation is 2. The Balaban J connectivity index is 2.26. The lowest BCUT2D eigenvalue weighted by Gasteiger charge is -2.12. The van der Waals surface area contributed by atoms with Crippen LogP contribution in [0.1, 0.15) is 38.8 Å². The van der Waals surface area contributed by atoms with Gasteiger partial charge < -0.3 is 10.2 Å². The summed E-state index contributed by atoms with van der Waals surface area (Å²) < 4.78 is 0. The number of carbonyl (C=O) groups is 2. The predicted octanol–water partition coefficient (Wildman–Crippen LogP) is 4.08. The molecular weight excluding hydrogens is 344 g/mol. The molecule has 2 aromatic heterocycles. The number of rotatable bonds is 5. The van der Waals surface area contributed by atoms with E-state index >= 15 is 0 Å². The van der Waals surface area contributed by atoms with Crippen LogP contribution in [0.4, 0.5) is 0 Å². The van der Waals surface area contributed by atoms with Crippen LogP contribution in [-0.4, -0.2) is 32.1 Å². The van der Waals surface area contributed by atoms with E-state index in [9.17, 15) is 19.8 Å². The fourth-order valence-electron chi connectivity index (χ4n) is 2.86. The van der Waals surface area contributed by atoms with Crippen LogP contribution >= 0.6 is 0 Å². The summed E-state index contributed by atoms with van der Waals surface area (Å²) in [6.45, 7) is 3.86. The van der Waals surface area contributed by atoms with Gasteiger partial charge in [-0.2, -0.15) is 0 Å². The molecule has 6 nitrogen and oxygen atoms in total. The quantitative estimate of drug-likeness (QED) is 0.709. The van der Waals surface area contributed by atoms with Gasteiger partial charge in [-0.15, -0.1) is 0 Å². The number of carboxylic acid groups (broad SMARTS) is 2. The van der Waals surface area contributed by atoms with Crippen molar-refractivity contribution in [3.05, 3.63) is 70.9 Å². The maximum atomic E-state index is 11.6. The number of aromatic carboxylic acids is 2. The van der Waals surface area contributed by atoms with Gasteiger partial charge in [0.1, 0.15) is 0 Å². The first-order chi connectivity index (χ1) is 12.9. The highest BCUT2D eigenvalue weighted by Gasteiger charge is 2.16. The molecule has 0 fully saturated rings. The van der Waals surface area contributed by atoms with Gasteiger partial charge in [0.25, 0.3) is 0 Å². The number of nitrogens with zero attached hydrogens (tertiary/aromatic N) is 2. The van der Waals surface area contributed by atoms with Crippen LogP contribution in [0.25, 0.3) is 22.6 Å². The van der Waals surface area contributed by atoms with Crippen LogP contribution in [0, 0.1) is 6.92 Å². The number of pyridine rings is 2. The second-order valence-corrected chi connectivity index (χ2v) is 6.18. The van der Waals surface area contributed by atoms with Crippen LogP contribution < -0.4 is 0 Å². The molecule has 0 spiro atoms. The summed E-state index contributed by atoms with van der Waals surface area (Å²) in [5.41, 5.74) is 4.07. The van der Waals surface area contributed by atoms with E-state index in [1.807, 2.05) is 26.0 Å². The molecule has 0 aliphatic carbocycles. The minimum absolute atomic E-state index is 0.0705. The Kier molecular flexibility index (Phi) is 4.98. The zero-order valence-corrected chi connectivity index (χ0v) is 14.9. The zero-order chi connectivity index (χ0) is 19.6. The maximum Gasteiger partial charge on any atom is 0.335 e. The lowest BCUT2D eigenvalue weighted by atomic mass is 9.97. The fraction of sp³-hybridized carbons (Fsp3) is 0.143. The molecule has 0 atom stereocenters. The third-order valence-electron chi connectivity index (χ3n) is 4.26. The average molecular weight is 362 g/mol. The van der Waals surface area contributed by atoms with Crippen molar-refractivity contribution in [2.45, 2.75) is 20.3 Å². The molecule has 1 aromatic carbocycles. The fourth-order valence-corrected chi connectivity index (χ4v) is 2.86. The van der Waals surface area contributed by atoms with Crippen molar-refractivity contribution < 1.29 is 19.8 Å². The van der Waals surface area contributed by atoms with Crippen LogP contribution in [0.5, 0.6) is 0 Å². The van der Waals surface area contributed by atoms with E-state index in [0.717, 1.165) is 11.1 Å². The third-order valence-corrected chi connectivity index (χ3v) is 4.26. The zero-order valence-electron chi connectivity index (χ0n) is 14.9. The number of hydrogen-bond acceptors (Lipinski definition) is 4. The summed E-state index contributed by atoms with van der Waals surface area (Å²) in [5.74, 6) is -2.13. The van der Waals surface area contributed by atoms with Crippen LogP contribution in [0.15, 0.2) is 48.7 Å². The Morgan fingerprint density at radius 3 is 2.22 bits per heavy atom. The van der Waals surface area contributed by atoms with E-state index in [0.29, 0.717) is 29.1 Å². The lowest BCUT2D eigenvalue weighted by molar-refractivity contribution is 0.0686. The van der Waals surface area contributed by atoms with Gasteiger partial charge in [-0.3, -0.25) is 4.98 Å². The summed E-state index contributed by atoms with van der Waals surface area (Å²) in [6, 6.07) is 11.4. The predicted molar refractivity (Wildman–Crippen MR) is 101 cm³/mol. The monoisotopic (exact) mass is 362 g/mol. The molecule has 0 saturated heterocycles. The summed E-state index contributed by atoms with van der Waals surface area (Å²) in [4.78, 5) is 31.9. The largest absolute Gasteiger partial charge is 0.478 e. The molecule has 0 aliphatic heterocycles. The second-order valence-electron chi connectivity index (χ2n) is 6.18. The van der Waals surface area contributed by atoms with Gasteiger partial charge in [-0.05, 0) is 60.9 Å². The first-order valence-electron chi connectivity index (χ1n) is 8.44. The standard InChI is InChI=1S/C21H18N2O4/c1-3-13-4-5-14(20(24)25)9-16(13)17-10-15(21(26)27)11-19(23-17)18-8-12(2)6-7-22-18/h4-11H,3H2,1-2H3,(H,24,25)(H,26,27). The Labute approximate surface area is 156 Å². The molecule has 3 rings (SSSR count). The molecule has 0 radical (unpaired) electrons. The topological polar surface area (TPSA) is 100 Å². The SMILES string of the molecule is CCc1ccc(C(=O)O)cc1-c1cc(C(=O)O)cc(-c2cc(C)ccn2)n1. The average Bonchev–Trinajstić information content (AvgIpc) is 2.67. The molecule has 136 valence electrons. The van der Waals surface area contributed by atoms with Crippen LogP contribution in [0.2, 0.25) is 0 Å². The Hall–Kier alpha value is -3.54. The normalized spacial score (nSPS) is 10.6. The van der Waals surface area contributed by atoms with Gasteiger partial charge in [-0.25, -0.2) is 14.6 Å². The first kappa shape index (κ1) is 18.3. The highest BCUT2D eigenvalue weighted by molar-refractivity contribution is 5.92. The van der Waals surface area contributed by atoms with E-state index in [4.69, 9.17) is 0 Å². The molecule has 2 heterocycles. The number of carboxylic acids is 2. The van der Waals surface area contributed by atoms with Gasteiger partial charge >= 0.3 is 11.9 Å². The highest BCUT2D eigenvalue weighted by Crippen LogP contribution is 2.28. The molecule has 3 aromatic rings. The Bertz CT molecular complexity index is 1040. The van der Waals surface area contributed by atoms with Gasteiger partial charge in [0, 0.05) is 11.8 Å². The minimum Gasteiger partial charge on any atom is -0.478 e. The van der Waals surface area contributed by atoms with Crippen molar-refractivity contribution in [3.8, 4) is 22.6 Å². The van der Waals surface area contributed by atoms with Crippen molar-refractivity contribution in [1.82, 2.24) is 9.97 Å². The van der Waals surface area contributed by atoms with Gasteiger partial charge in [-0.1, -0.05) is 13.0 Å². The lowest BCUT2D eigenvalue weighted by Crippen LogP contribution is -2.03. The molecule has 0 amide bonds. The van der Waals surface area contributed by atoms with Gasteiger partial charge in [0.2, 0.25) is 0 Å². The van der Waals surface area contributed by atoms with Crippen molar-refractivity contribution in [1.29, 1.82) is 0 Å². The van der Waals surface area contributed by atoms with Crippen molar-refractivity contribution in [2.75, 3.05) is 0 Å². The van der Waals surface area contributed by atoms with E-state index in [-0.39, 0.29) is 11.1 Å². The summed E-state index contributed by atoms with van der Waals surface area (Å²) in [6.07, 6.45) is 2.30. The molecule has 27 heavy (non-hydrogen) atoms. The summed E-state index contributed by atoms with van der Waals surface area (Å²) in [5, 5.41) is 18.8. The molecule has 0 bridgehead atoms. The molecular formula is C21H18N2O4. The van der Waals surface area contributed by atoms with Crippen molar-refractivity contribution >= 4 is 11.9 Å². The van der Waals surface area contributed by atoms with Gasteiger partial charge in [0.15, 0.2) is 0 Å². The molecule has 2 N–H and O–H groups in total. The van der Waals surface area contributed by atoms with Crippen LogP contribution in [0.3, 0.4) is 0 Å². The first-order valence-corrected chi connectivity index (χ1v) is 8.44. The Morgan fingerprint density at radius 2 is 1.59 bits per heavy atom. The van der Waals surface area contributed by atoms with Crippen molar-refractivity contribution in [2.24, 2.45) is 0 Å². The number of benzene rings is 1. The van der Waals surface area contributed by atoms with E-state index in [1.165, 1.54) is 24.3 Å². The van der Waals surface area contributed by atoms with E-state index in [1.54, 1.807) is 12.3 Å². The molecule has 0 unspecified atom stereocenters. The molecule has 0 saturated carbocycles. The molecule has 6 heteroatoms. The number of aromatic nitrogens is 2. The maximum absolute atomic E-state index is 11.6. The third kappa shape index (κ3) is 3.84. The minimum atomic E-state index is -1.08. The van der Waals surface area contributed by atoms with E-state index < -0.39 is 11.9 Å². The summed E-state index contributed by atoms with van der Waals surface area (Å²) in [7, 11) is 0. The highest BCUT2D eigenvalue weighted by atomic mass is 16.4. The smallest absolute Gasteiger partial charge is 0.335 e.